The van der Waals surface area contributed by atoms with E-state index in [1.807, 2.05) is 63.2 Å². The van der Waals surface area contributed by atoms with Crippen molar-refractivity contribution in [2.45, 2.75) is 38.9 Å². The number of benzene rings is 2. The highest BCUT2D eigenvalue weighted by Gasteiger charge is 2.42. The molecule has 1 unspecified atom stereocenters. The van der Waals surface area contributed by atoms with Gasteiger partial charge < -0.3 is 10.2 Å². The topological polar surface area (TPSA) is 93.0 Å². The molecule has 1 aliphatic heterocycles. The maximum Gasteiger partial charge on any atom is 0.255 e. The van der Waals surface area contributed by atoms with Gasteiger partial charge in [-0.2, -0.15) is 4.68 Å². The third kappa shape index (κ3) is 3.61. The maximum absolute atomic E-state index is 13.1. The molecule has 8 nitrogen and oxygen atoms in total. The fraction of sp³-hybridized carbons (Fsp3) is 0.286. The summed E-state index contributed by atoms with van der Waals surface area (Å²) >= 11 is 0. The second-order valence-electron chi connectivity index (χ2n) is 8.00. The molecule has 0 radical (unpaired) electrons. The van der Waals surface area contributed by atoms with Crippen LogP contribution in [-0.4, -0.2) is 42.5 Å². The number of nitrogens with zero attached hydrogens (tertiary/aromatic N) is 5. The van der Waals surface area contributed by atoms with E-state index >= 15 is 0 Å². The van der Waals surface area contributed by atoms with Crippen LogP contribution in [-0.2, 0) is 11.3 Å². The second kappa shape index (κ2) is 7.12. The molecule has 2 amide bonds. The number of rotatable bonds is 4. The molecule has 4 rings (SSSR count). The fourth-order valence-corrected chi connectivity index (χ4v) is 3.48. The summed E-state index contributed by atoms with van der Waals surface area (Å²) in [5.74, 6) is 0.0396. The first-order chi connectivity index (χ1) is 13.8. The van der Waals surface area contributed by atoms with Crippen molar-refractivity contribution < 1.29 is 9.59 Å². The Kier molecular flexibility index (Phi) is 4.62. The number of carbonyl (C=O) groups excluding carboxylic acids is 2. The van der Waals surface area contributed by atoms with Gasteiger partial charge in [-0.15, -0.1) is 5.10 Å². The number of nitrogens with one attached hydrogen (secondary N) is 1. The normalized spacial score (nSPS) is 16.0. The Bertz CT molecular complexity index is 1050. The van der Waals surface area contributed by atoms with Crippen molar-refractivity contribution >= 4 is 11.8 Å². The second-order valence-corrected chi connectivity index (χ2v) is 8.00. The number of para-hydroxylation sites is 1. The van der Waals surface area contributed by atoms with Gasteiger partial charge in [0.15, 0.2) is 5.82 Å². The summed E-state index contributed by atoms with van der Waals surface area (Å²) in [5, 5.41) is 14.9. The Hall–Kier alpha value is -3.55. The van der Waals surface area contributed by atoms with Crippen LogP contribution in [0.5, 0.6) is 0 Å². The predicted octanol–water partition coefficient (Wildman–Crippen LogP) is 2.27. The summed E-state index contributed by atoms with van der Waals surface area (Å²) < 4.78 is 1.58. The van der Waals surface area contributed by atoms with E-state index in [2.05, 4.69) is 20.8 Å². The minimum Gasteiger partial charge on any atom is -0.349 e. The lowest BCUT2D eigenvalue weighted by Gasteiger charge is -2.28. The Morgan fingerprint density at radius 1 is 1.07 bits per heavy atom. The van der Waals surface area contributed by atoms with Crippen LogP contribution in [0.25, 0.3) is 5.69 Å². The number of hydrogen-bond acceptors (Lipinski definition) is 5. The minimum atomic E-state index is -0.737. The van der Waals surface area contributed by atoms with Crippen LogP contribution in [0.1, 0.15) is 48.6 Å². The third-order valence-corrected chi connectivity index (χ3v) is 4.65. The molecule has 0 bridgehead atoms. The van der Waals surface area contributed by atoms with Crippen LogP contribution in [0.2, 0.25) is 0 Å². The van der Waals surface area contributed by atoms with Crippen molar-refractivity contribution in [1.29, 1.82) is 0 Å². The average molecular weight is 390 g/mol. The van der Waals surface area contributed by atoms with Gasteiger partial charge in [-0.1, -0.05) is 36.4 Å². The van der Waals surface area contributed by atoms with Gasteiger partial charge >= 0.3 is 0 Å². The van der Waals surface area contributed by atoms with Crippen LogP contribution in [0, 0.1) is 0 Å². The van der Waals surface area contributed by atoms with Crippen molar-refractivity contribution in [3.05, 3.63) is 71.5 Å². The predicted molar refractivity (Wildman–Crippen MR) is 106 cm³/mol. The standard InChI is InChI=1S/C21H22N6O2/c1-21(2,3)22-19(28)18-15-11-7-8-12-16(15)20(29)26(18)13-17-23-24-25-27(17)14-9-5-4-6-10-14/h4-12,18H,13H2,1-3H3,(H,22,28). The molecule has 8 heteroatoms. The van der Waals surface area contributed by atoms with Gasteiger partial charge in [-0.05, 0) is 55.0 Å². The molecule has 0 spiro atoms. The van der Waals surface area contributed by atoms with Gasteiger partial charge in [0.1, 0.15) is 6.04 Å². The number of amides is 2. The monoisotopic (exact) mass is 390 g/mol. The molecule has 0 saturated heterocycles. The molecule has 0 fully saturated rings. The first-order valence-electron chi connectivity index (χ1n) is 9.40. The highest BCUT2D eigenvalue weighted by molar-refractivity contribution is 6.04. The van der Waals surface area contributed by atoms with Gasteiger partial charge in [0, 0.05) is 11.1 Å². The van der Waals surface area contributed by atoms with E-state index in [0.29, 0.717) is 17.0 Å². The molecule has 148 valence electrons. The molecule has 1 N–H and O–H groups in total. The molecule has 0 saturated carbocycles. The summed E-state index contributed by atoms with van der Waals surface area (Å²) in [6.45, 7) is 5.84. The number of fused-ring (bicyclic) bond motifs is 1. The molecule has 0 aliphatic carbocycles. The molecule has 1 aliphatic rings. The number of tetrazole rings is 1. The largest absolute Gasteiger partial charge is 0.349 e. The summed E-state index contributed by atoms with van der Waals surface area (Å²) in [6, 6.07) is 15.9. The lowest BCUT2D eigenvalue weighted by Crippen LogP contribution is -2.46. The van der Waals surface area contributed by atoms with E-state index in [4.69, 9.17) is 0 Å². The quantitative estimate of drug-likeness (QED) is 0.738. The van der Waals surface area contributed by atoms with Crippen molar-refractivity contribution in [1.82, 2.24) is 30.4 Å². The molecular formula is C21H22N6O2. The zero-order valence-electron chi connectivity index (χ0n) is 16.5. The molecule has 3 aromatic rings. The lowest BCUT2D eigenvalue weighted by molar-refractivity contribution is -0.127. The molecule has 1 aromatic heterocycles. The van der Waals surface area contributed by atoms with E-state index in [0.717, 1.165) is 5.69 Å². The van der Waals surface area contributed by atoms with Crippen molar-refractivity contribution in [3.63, 3.8) is 0 Å². The smallest absolute Gasteiger partial charge is 0.255 e. The first kappa shape index (κ1) is 18.8. The van der Waals surface area contributed by atoms with E-state index in [9.17, 15) is 9.59 Å². The molecule has 2 aromatic carbocycles. The highest BCUT2D eigenvalue weighted by atomic mass is 16.2. The maximum atomic E-state index is 13.1. The third-order valence-electron chi connectivity index (χ3n) is 4.65. The summed E-state index contributed by atoms with van der Waals surface area (Å²) in [4.78, 5) is 27.7. The van der Waals surface area contributed by atoms with Gasteiger partial charge in [0.05, 0.1) is 12.2 Å². The molecule has 2 heterocycles. The molecule has 29 heavy (non-hydrogen) atoms. The fourth-order valence-electron chi connectivity index (χ4n) is 3.48. The first-order valence-corrected chi connectivity index (χ1v) is 9.40. The van der Waals surface area contributed by atoms with E-state index in [1.54, 1.807) is 16.8 Å². The zero-order chi connectivity index (χ0) is 20.6. The van der Waals surface area contributed by atoms with Crippen LogP contribution in [0.3, 0.4) is 0 Å². The highest BCUT2D eigenvalue weighted by Crippen LogP contribution is 2.35. The SMILES string of the molecule is CC(C)(C)NC(=O)C1c2ccccc2C(=O)N1Cc1nnnn1-c1ccccc1. The number of hydrogen-bond donors (Lipinski definition) is 1. The van der Waals surface area contributed by atoms with E-state index in [1.165, 1.54) is 4.90 Å². The average Bonchev–Trinajstić information content (AvgIpc) is 3.25. The minimum absolute atomic E-state index is 0.109. The number of aromatic nitrogens is 4. The van der Waals surface area contributed by atoms with Gasteiger partial charge in [-0.25, -0.2) is 0 Å². The summed E-state index contributed by atoms with van der Waals surface area (Å²) in [5.41, 5.74) is 1.58. The van der Waals surface area contributed by atoms with Gasteiger partial charge in [0.2, 0.25) is 5.91 Å². The summed E-state index contributed by atoms with van der Waals surface area (Å²) in [6.07, 6.45) is 0. The van der Waals surface area contributed by atoms with E-state index < -0.39 is 11.6 Å². The zero-order valence-corrected chi connectivity index (χ0v) is 16.5. The van der Waals surface area contributed by atoms with Crippen LogP contribution < -0.4 is 5.32 Å². The van der Waals surface area contributed by atoms with Crippen LogP contribution in [0.15, 0.2) is 54.6 Å². The summed E-state index contributed by atoms with van der Waals surface area (Å²) in [7, 11) is 0. The molecular weight excluding hydrogens is 368 g/mol. The Balaban J connectivity index is 1.70. The van der Waals surface area contributed by atoms with Gasteiger partial charge in [-0.3, -0.25) is 9.59 Å². The lowest BCUT2D eigenvalue weighted by atomic mass is 10.0. The van der Waals surface area contributed by atoms with Crippen molar-refractivity contribution in [3.8, 4) is 5.69 Å². The van der Waals surface area contributed by atoms with E-state index in [-0.39, 0.29) is 18.4 Å². The number of carbonyl (C=O) groups is 2. The van der Waals surface area contributed by atoms with Crippen LogP contribution >= 0.6 is 0 Å². The Morgan fingerprint density at radius 2 is 1.76 bits per heavy atom. The van der Waals surface area contributed by atoms with Gasteiger partial charge in [0.25, 0.3) is 5.91 Å². The van der Waals surface area contributed by atoms with Crippen LogP contribution in [0.4, 0.5) is 0 Å². The van der Waals surface area contributed by atoms with Crippen molar-refractivity contribution in [2.75, 3.05) is 0 Å². The molecule has 1 atom stereocenters. The van der Waals surface area contributed by atoms with Crippen molar-refractivity contribution in [2.24, 2.45) is 0 Å². The Morgan fingerprint density at radius 3 is 2.48 bits per heavy atom. The Labute approximate surface area is 168 Å².